The molecule has 0 bridgehead atoms. The van der Waals surface area contributed by atoms with E-state index in [4.69, 9.17) is 20.2 Å². The van der Waals surface area contributed by atoms with Crippen LogP contribution in [0, 0.1) is 0 Å². The summed E-state index contributed by atoms with van der Waals surface area (Å²) in [6.45, 7) is 1.83. The summed E-state index contributed by atoms with van der Waals surface area (Å²) in [4.78, 5) is 5.96. The Bertz CT molecular complexity index is 797. The van der Waals surface area contributed by atoms with Crippen LogP contribution < -0.4 is 10.5 Å². The minimum absolute atomic E-state index is 0.517. The van der Waals surface area contributed by atoms with Crippen LogP contribution in [0.15, 0.2) is 48.5 Å². The highest BCUT2D eigenvalue weighted by Gasteiger charge is 2.24. The quantitative estimate of drug-likeness (QED) is 0.546. The van der Waals surface area contributed by atoms with Crippen LogP contribution in [-0.2, 0) is 11.3 Å². The molecule has 1 aliphatic heterocycles. The zero-order valence-electron chi connectivity index (χ0n) is 13.2. The Morgan fingerprint density at radius 1 is 1.00 bits per heavy atom. The number of rotatable bonds is 5. The molecule has 1 aliphatic rings. The normalized spacial score (nSPS) is 11.9. The minimum atomic E-state index is 0.517. The van der Waals surface area contributed by atoms with Gasteiger partial charge in [-0.2, -0.15) is 0 Å². The molecule has 0 atom stereocenters. The molecule has 3 aromatic rings. The molecular formula is C19H18N2O2S. The maximum atomic E-state index is 6.12. The Labute approximate surface area is 144 Å². The molecule has 24 heavy (non-hydrogen) atoms. The predicted octanol–water partition coefficient (Wildman–Crippen LogP) is 4.45. The number of benzene rings is 2. The van der Waals surface area contributed by atoms with Crippen molar-refractivity contribution in [3.8, 4) is 33.2 Å². The van der Waals surface area contributed by atoms with Gasteiger partial charge in [0.05, 0.1) is 17.2 Å². The molecule has 122 valence electrons. The molecular weight excluding hydrogens is 320 g/mol. The van der Waals surface area contributed by atoms with Crippen LogP contribution in [0.1, 0.15) is 11.4 Å². The molecule has 2 aromatic carbocycles. The third-order valence-corrected chi connectivity index (χ3v) is 4.95. The van der Waals surface area contributed by atoms with Gasteiger partial charge in [0.2, 0.25) is 0 Å². The first-order chi connectivity index (χ1) is 11.9. The maximum Gasteiger partial charge on any atom is 0.136 e. The van der Waals surface area contributed by atoms with Crippen molar-refractivity contribution < 1.29 is 9.47 Å². The molecule has 0 aliphatic carbocycles. The van der Waals surface area contributed by atoms with Crippen LogP contribution in [0.2, 0.25) is 0 Å². The van der Waals surface area contributed by atoms with Crippen molar-refractivity contribution in [3.63, 3.8) is 0 Å². The van der Waals surface area contributed by atoms with E-state index in [1.807, 2.05) is 36.4 Å². The zero-order chi connectivity index (χ0) is 16.4. The number of hydrogen-bond acceptors (Lipinski definition) is 5. The molecule has 1 aromatic heterocycles. The number of nitrogens with zero attached hydrogens (tertiary/aromatic N) is 1. The lowest BCUT2D eigenvalue weighted by atomic mass is 10.1. The average Bonchev–Trinajstić information content (AvgIpc) is 2.98. The average molecular weight is 338 g/mol. The monoisotopic (exact) mass is 338 g/mol. The van der Waals surface area contributed by atoms with Gasteiger partial charge in [-0.3, -0.25) is 0 Å². The molecule has 0 fully saturated rings. The zero-order valence-corrected chi connectivity index (χ0v) is 14.0. The van der Waals surface area contributed by atoms with Gasteiger partial charge in [0.15, 0.2) is 0 Å². The molecule has 0 saturated carbocycles. The highest BCUT2D eigenvalue weighted by atomic mass is 32.1. The lowest BCUT2D eigenvalue weighted by molar-refractivity contribution is 0.120. The highest BCUT2D eigenvalue weighted by Crippen LogP contribution is 2.48. The van der Waals surface area contributed by atoms with E-state index in [0.717, 1.165) is 44.6 Å². The van der Waals surface area contributed by atoms with E-state index in [1.165, 1.54) is 0 Å². The van der Waals surface area contributed by atoms with Crippen molar-refractivity contribution in [2.45, 2.75) is 13.0 Å². The smallest absolute Gasteiger partial charge is 0.136 e. The molecule has 2 N–H and O–H groups in total. The maximum absolute atomic E-state index is 6.12. The number of fused-ring (bicyclic) bond motifs is 5. The van der Waals surface area contributed by atoms with Gasteiger partial charge in [-0.05, 0) is 37.2 Å². The predicted molar refractivity (Wildman–Crippen MR) is 96.4 cm³/mol. The van der Waals surface area contributed by atoms with Crippen molar-refractivity contribution >= 4 is 11.3 Å². The second-order valence-corrected chi connectivity index (χ2v) is 6.66. The van der Waals surface area contributed by atoms with Crippen LogP contribution in [-0.4, -0.2) is 18.1 Å². The Kier molecular flexibility index (Phi) is 4.30. The van der Waals surface area contributed by atoms with E-state index < -0.39 is 0 Å². The number of thiazole rings is 1. The third-order valence-electron chi connectivity index (χ3n) is 3.88. The van der Waals surface area contributed by atoms with Gasteiger partial charge in [0, 0.05) is 17.7 Å². The van der Waals surface area contributed by atoms with Crippen LogP contribution in [0.25, 0.3) is 21.7 Å². The fraction of sp³-hybridized carbons (Fsp3) is 0.211. The van der Waals surface area contributed by atoms with E-state index in [-0.39, 0.29) is 0 Å². The molecule has 0 unspecified atom stereocenters. The second-order valence-electron chi connectivity index (χ2n) is 5.57. The van der Waals surface area contributed by atoms with Gasteiger partial charge in [-0.1, -0.05) is 24.3 Å². The van der Waals surface area contributed by atoms with Crippen molar-refractivity contribution in [3.05, 3.63) is 53.5 Å². The van der Waals surface area contributed by atoms with Crippen LogP contribution in [0.4, 0.5) is 0 Å². The van der Waals surface area contributed by atoms with Gasteiger partial charge < -0.3 is 15.2 Å². The third kappa shape index (κ3) is 2.82. The summed E-state index contributed by atoms with van der Waals surface area (Å²) in [7, 11) is 0. The van der Waals surface area contributed by atoms with E-state index in [0.29, 0.717) is 19.8 Å². The first kappa shape index (κ1) is 15.3. The SMILES string of the molecule is NCCCOCc1nc2c(s1)-c1ccccc1Oc1ccccc1-2. The molecule has 4 rings (SSSR count). The van der Waals surface area contributed by atoms with Crippen LogP contribution in [0.5, 0.6) is 11.5 Å². The van der Waals surface area contributed by atoms with Gasteiger partial charge in [0.1, 0.15) is 16.5 Å². The lowest BCUT2D eigenvalue weighted by Crippen LogP contribution is -2.04. The Balaban J connectivity index is 1.77. The summed E-state index contributed by atoms with van der Waals surface area (Å²) in [5.41, 5.74) is 8.57. The highest BCUT2D eigenvalue weighted by molar-refractivity contribution is 7.15. The van der Waals surface area contributed by atoms with Crippen LogP contribution >= 0.6 is 11.3 Å². The van der Waals surface area contributed by atoms with E-state index >= 15 is 0 Å². The molecule has 0 spiro atoms. The first-order valence-electron chi connectivity index (χ1n) is 8.01. The Morgan fingerprint density at radius 2 is 1.71 bits per heavy atom. The van der Waals surface area contributed by atoms with Gasteiger partial charge in [-0.15, -0.1) is 11.3 Å². The van der Waals surface area contributed by atoms with Gasteiger partial charge in [-0.25, -0.2) is 4.98 Å². The van der Waals surface area contributed by atoms with E-state index in [9.17, 15) is 0 Å². The number of ether oxygens (including phenoxy) is 2. The molecule has 0 amide bonds. The number of hydrogen-bond donors (Lipinski definition) is 1. The van der Waals surface area contributed by atoms with Crippen molar-refractivity contribution in [2.75, 3.05) is 13.2 Å². The second kappa shape index (κ2) is 6.73. The summed E-state index contributed by atoms with van der Waals surface area (Å²) >= 11 is 1.67. The van der Waals surface area contributed by atoms with Crippen LogP contribution in [0.3, 0.4) is 0 Å². The number of para-hydroxylation sites is 2. The number of aromatic nitrogens is 1. The fourth-order valence-electron chi connectivity index (χ4n) is 2.75. The molecule has 2 heterocycles. The molecule has 4 nitrogen and oxygen atoms in total. The Hall–Kier alpha value is -2.21. The largest absolute Gasteiger partial charge is 0.456 e. The van der Waals surface area contributed by atoms with E-state index in [1.54, 1.807) is 11.3 Å². The summed E-state index contributed by atoms with van der Waals surface area (Å²) in [5, 5.41) is 0.975. The van der Waals surface area contributed by atoms with Crippen molar-refractivity contribution in [1.82, 2.24) is 4.98 Å². The fourth-order valence-corrected chi connectivity index (χ4v) is 3.79. The molecule has 0 radical (unpaired) electrons. The summed E-state index contributed by atoms with van der Waals surface area (Å²) in [5.74, 6) is 1.70. The molecule has 0 saturated heterocycles. The Morgan fingerprint density at radius 3 is 2.50 bits per heavy atom. The molecule has 5 heteroatoms. The lowest BCUT2D eigenvalue weighted by Gasteiger charge is -2.08. The van der Waals surface area contributed by atoms with Gasteiger partial charge in [0.25, 0.3) is 0 Å². The minimum Gasteiger partial charge on any atom is -0.456 e. The van der Waals surface area contributed by atoms with Gasteiger partial charge >= 0.3 is 0 Å². The number of nitrogens with two attached hydrogens (primary N) is 1. The summed E-state index contributed by atoms with van der Waals surface area (Å²) in [6.07, 6.45) is 0.866. The standard InChI is InChI=1S/C19H18N2O2S/c20-10-5-11-22-12-17-21-18-13-6-1-3-8-15(13)23-16-9-4-2-7-14(16)19(18)24-17/h1-4,6-9H,5,10-12,20H2. The summed E-state index contributed by atoms with van der Waals surface area (Å²) < 4.78 is 11.8. The topological polar surface area (TPSA) is 57.4 Å². The summed E-state index contributed by atoms with van der Waals surface area (Å²) in [6, 6.07) is 16.1. The van der Waals surface area contributed by atoms with E-state index in [2.05, 4.69) is 12.1 Å². The van der Waals surface area contributed by atoms with Crippen molar-refractivity contribution in [2.24, 2.45) is 5.73 Å². The van der Waals surface area contributed by atoms with Crippen molar-refractivity contribution in [1.29, 1.82) is 0 Å². The first-order valence-corrected chi connectivity index (χ1v) is 8.82.